The SMILES string of the molecule is OCC1C[N]CCO1. The molecule has 1 saturated heterocycles. The van der Waals surface area contributed by atoms with Gasteiger partial charge < -0.3 is 9.84 Å². The van der Waals surface area contributed by atoms with Gasteiger partial charge in [0.25, 0.3) is 0 Å². The second-order valence-corrected chi connectivity index (χ2v) is 1.81. The van der Waals surface area contributed by atoms with Gasteiger partial charge in [0.1, 0.15) is 0 Å². The van der Waals surface area contributed by atoms with Gasteiger partial charge in [-0.1, -0.05) is 0 Å². The second kappa shape index (κ2) is 3.02. The van der Waals surface area contributed by atoms with Gasteiger partial charge in [-0.15, -0.1) is 0 Å². The van der Waals surface area contributed by atoms with Crippen molar-refractivity contribution in [2.24, 2.45) is 0 Å². The molecular formula is C5H10NO2. The van der Waals surface area contributed by atoms with Crippen molar-refractivity contribution < 1.29 is 9.84 Å². The summed E-state index contributed by atoms with van der Waals surface area (Å²) in [5, 5.41) is 12.6. The van der Waals surface area contributed by atoms with Crippen LogP contribution in [0.2, 0.25) is 0 Å². The molecule has 1 N–H and O–H groups in total. The van der Waals surface area contributed by atoms with Crippen molar-refractivity contribution in [3.05, 3.63) is 0 Å². The third-order valence-corrected chi connectivity index (χ3v) is 1.14. The van der Waals surface area contributed by atoms with Crippen molar-refractivity contribution in [3.8, 4) is 0 Å². The fraction of sp³-hybridized carbons (Fsp3) is 1.00. The third kappa shape index (κ3) is 1.43. The third-order valence-electron chi connectivity index (χ3n) is 1.14. The number of hydrogen-bond acceptors (Lipinski definition) is 2. The van der Waals surface area contributed by atoms with E-state index in [0.29, 0.717) is 13.2 Å². The average Bonchev–Trinajstić information content (AvgIpc) is 1.90. The smallest absolute Gasteiger partial charge is 0.0947 e. The van der Waals surface area contributed by atoms with E-state index in [0.717, 1.165) is 6.54 Å². The van der Waals surface area contributed by atoms with Gasteiger partial charge in [-0.3, -0.25) is 0 Å². The molecule has 1 rings (SSSR count). The first-order valence-electron chi connectivity index (χ1n) is 2.79. The molecule has 1 unspecified atom stereocenters. The van der Waals surface area contributed by atoms with Gasteiger partial charge in [-0.25, -0.2) is 5.32 Å². The van der Waals surface area contributed by atoms with Crippen LogP contribution < -0.4 is 5.32 Å². The minimum absolute atomic E-state index is 0.0243. The highest BCUT2D eigenvalue weighted by molar-refractivity contribution is 4.63. The molecule has 1 fully saturated rings. The van der Waals surface area contributed by atoms with E-state index in [1.165, 1.54) is 0 Å². The minimum Gasteiger partial charge on any atom is -0.394 e. The molecule has 1 aliphatic rings. The zero-order valence-corrected chi connectivity index (χ0v) is 4.71. The summed E-state index contributed by atoms with van der Waals surface area (Å²) in [5.74, 6) is 0. The van der Waals surface area contributed by atoms with E-state index in [9.17, 15) is 0 Å². The molecule has 1 atom stereocenters. The average molecular weight is 116 g/mol. The van der Waals surface area contributed by atoms with Crippen molar-refractivity contribution >= 4 is 0 Å². The number of ether oxygens (including phenoxy) is 1. The van der Waals surface area contributed by atoms with Gasteiger partial charge in [0, 0.05) is 13.1 Å². The Morgan fingerprint density at radius 1 is 1.75 bits per heavy atom. The van der Waals surface area contributed by atoms with Crippen LogP contribution in [-0.4, -0.2) is 37.5 Å². The molecule has 3 nitrogen and oxygen atoms in total. The van der Waals surface area contributed by atoms with E-state index in [2.05, 4.69) is 5.32 Å². The molecular weight excluding hydrogens is 106 g/mol. The number of nitrogens with zero attached hydrogens (tertiary/aromatic N) is 1. The first-order chi connectivity index (χ1) is 3.93. The summed E-state index contributed by atoms with van der Waals surface area (Å²) >= 11 is 0. The Hall–Kier alpha value is -0.120. The van der Waals surface area contributed by atoms with Crippen molar-refractivity contribution in [1.29, 1.82) is 0 Å². The molecule has 0 bridgehead atoms. The van der Waals surface area contributed by atoms with E-state index in [4.69, 9.17) is 9.84 Å². The number of aliphatic hydroxyl groups excluding tert-OH is 1. The van der Waals surface area contributed by atoms with Gasteiger partial charge in [0.2, 0.25) is 0 Å². The number of morpholine rings is 1. The molecule has 0 spiro atoms. The lowest BCUT2D eigenvalue weighted by Gasteiger charge is -2.19. The van der Waals surface area contributed by atoms with Gasteiger partial charge in [-0.05, 0) is 0 Å². The summed E-state index contributed by atoms with van der Waals surface area (Å²) in [6, 6.07) is 0. The lowest BCUT2D eigenvalue weighted by atomic mass is 10.3. The van der Waals surface area contributed by atoms with Crippen LogP contribution in [-0.2, 0) is 4.74 Å². The Morgan fingerprint density at radius 2 is 2.62 bits per heavy atom. The fourth-order valence-electron chi connectivity index (χ4n) is 0.682. The van der Waals surface area contributed by atoms with E-state index in [1.807, 2.05) is 0 Å². The van der Waals surface area contributed by atoms with Crippen molar-refractivity contribution in [1.82, 2.24) is 5.32 Å². The van der Waals surface area contributed by atoms with Gasteiger partial charge in [0.15, 0.2) is 0 Å². The fourth-order valence-corrected chi connectivity index (χ4v) is 0.682. The molecule has 0 aliphatic carbocycles. The van der Waals surface area contributed by atoms with E-state index >= 15 is 0 Å². The Balaban J connectivity index is 2.13. The molecule has 1 radical (unpaired) electrons. The largest absolute Gasteiger partial charge is 0.394 e. The molecule has 8 heavy (non-hydrogen) atoms. The van der Waals surface area contributed by atoms with Crippen LogP contribution in [0, 0.1) is 0 Å². The van der Waals surface area contributed by atoms with Gasteiger partial charge >= 0.3 is 0 Å². The van der Waals surface area contributed by atoms with Gasteiger partial charge in [0.05, 0.1) is 19.3 Å². The summed E-state index contributed by atoms with van der Waals surface area (Å²) in [6.45, 7) is 2.22. The van der Waals surface area contributed by atoms with Crippen LogP contribution in [0.4, 0.5) is 0 Å². The van der Waals surface area contributed by atoms with Crippen molar-refractivity contribution in [2.45, 2.75) is 6.10 Å². The zero-order valence-electron chi connectivity index (χ0n) is 4.71. The van der Waals surface area contributed by atoms with Crippen LogP contribution in [0.1, 0.15) is 0 Å². The van der Waals surface area contributed by atoms with E-state index < -0.39 is 0 Å². The number of rotatable bonds is 1. The molecule has 0 saturated carbocycles. The Bertz CT molecular complexity index is 61.4. The summed E-state index contributed by atoms with van der Waals surface area (Å²) in [7, 11) is 0. The zero-order chi connectivity index (χ0) is 5.82. The monoisotopic (exact) mass is 116 g/mol. The van der Waals surface area contributed by atoms with Crippen LogP contribution >= 0.6 is 0 Å². The first kappa shape index (κ1) is 6.01. The molecule has 0 aromatic carbocycles. The summed E-state index contributed by atoms with van der Waals surface area (Å²) in [5.41, 5.74) is 0. The normalized spacial score (nSPS) is 30.4. The quantitative estimate of drug-likeness (QED) is 0.476. The Labute approximate surface area is 48.7 Å². The lowest BCUT2D eigenvalue weighted by molar-refractivity contribution is -0.00748. The standard InChI is InChI=1S/C5H10NO2/c7-4-5-3-6-1-2-8-5/h5,7H,1-4H2. The second-order valence-electron chi connectivity index (χ2n) is 1.81. The van der Waals surface area contributed by atoms with Crippen LogP contribution in [0.3, 0.4) is 0 Å². The van der Waals surface area contributed by atoms with Crippen molar-refractivity contribution in [2.75, 3.05) is 26.3 Å². The highest BCUT2D eigenvalue weighted by Crippen LogP contribution is 1.93. The molecule has 3 heteroatoms. The van der Waals surface area contributed by atoms with Crippen LogP contribution in [0.15, 0.2) is 0 Å². The van der Waals surface area contributed by atoms with E-state index in [-0.39, 0.29) is 12.7 Å². The van der Waals surface area contributed by atoms with Crippen LogP contribution in [0.5, 0.6) is 0 Å². The van der Waals surface area contributed by atoms with Crippen molar-refractivity contribution in [3.63, 3.8) is 0 Å². The molecule has 47 valence electrons. The maximum absolute atomic E-state index is 8.51. The molecule has 0 amide bonds. The summed E-state index contributed by atoms with van der Waals surface area (Å²) < 4.78 is 5.08. The lowest BCUT2D eigenvalue weighted by Crippen LogP contribution is -2.36. The minimum atomic E-state index is -0.0243. The summed E-state index contributed by atoms with van der Waals surface area (Å²) in [4.78, 5) is 0. The molecule has 1 heterocycles. The Kier molecular flexibility index (Phi) is 2.27. The van der Waals surface area contributed by atoms with Crippen LogP contribution in [0.25, 0.3) is 0 Å². The molecule has 0 aromatic heterocycles. The number of hydrogen-bond donors (Lipinski definition) is 1. The maximum Gasteiger partial charge on any atom is 0.0947 e. The predicted molar refractivity (Wildman–Crippen MR) is 28.7 cm³/mol. The Morgan fingerprint density at radius 3 is 3.00 bits per heavy atom. The maximum atomic E-state index is 8.51. The molecule has 1 aliphatic heterocycles. The summed E-state index contributed by atoms with van der Waals surface area (Å²) in [6.07, 6.45) is -0.0243. The predicted octanol–water partition coefficient (Wildman–Crippen LogP) is -1.02. The van der Waals surface area contributed by atoms with Gasteiger partial charge in [-0.2, -0.15) is 0 Å². The molecule has 0 aromatic rings. The highest BCUT2D eigenvalue weighted by Gasteiger charge is 2.11. The van der Waals surface area contributed by atoms with E-state index in [1.54, 1.807) is 0 Å². The number of aliphatic hydroxyl groups is 1. The first-order valence-corrected chi connectivity index (χ1v) is 2.79. The topological polar surface area (TPSA) is 43.6 Å². The highest BCUT2D eigenvalue weighted by atomic mass is 16.5.